The van der Waals surface area contributed by atoms with Crippen molar-refractivity contribution in [3.63, 3.8) is 0 Å². The number of anilines is 1. The van der Waals surface area contributed by atoms with Gasteiger partial charge in [-0.1, -0.05) is 11.6 Å². The van der Waals surface area contributed by atoms with E-state index < -0.39 is 5.97 Å². The number of halogens is 1. The van der Waals surface area contributed by atoms with Crippen molar-refractivity contribution in [3.05, 3.63) is 52.5 Å². The van der Waals surface area contributed by atoms with Gasteiger partial charge in [-0.2, -0.15) is 0 Å². The van der Waals surface area contributed by atoms with Crippen LogP contribution in [0.5, 0.6) is 11.5 Å². The number of fused-ring (bicyclic) bond motifs is 1. The van der Waals surface area contributed by atoms with Crippen molar-refractivity contribution in [2.45, 2.75) is 31.9 Å². The van der Waals surface area contributed by atoms with Gasteiger partial charge in [0.25, 0.3) is 0 Å². The van der Waals surface area contributed by atoms with Crippen LogP contribution in [0, 0.1) is 0 Å². The number of methoxy groups -OCH3 is 2. The second-order valence-electron chi connectivity index (χ2n) is 7.31. The number of carbonyl (C=O) groups is 1. The minimum absolute atomic E-state index is 0.0490. The van der Waals surface area contributed by atoms with Crippen LogP contribution in [-0.2, 0) is 4.74 Å². The fraction of sp³-hybridized carbons (Fsp3) is 0.333. The molecule has 0 saturated carbocycles. The molecule has 2 N–H and O–H groups in total. The first-order valence-corrected chi connectivity index (χ1v) is 9.83. The second-order valence-corrected chi connectivity index (χ2v) is 8.12. The van der Waals surface area contributed by atoms with E-state index in [1.165, 1.54) is 7.11 Å². The molecule has 0 fully saturated rings. The first kappa shape index (κ1) is 21.2. The molecule has 2 aromatic carbocycles. The predicted molar refractivity (Wildman–Crippen MR) is 117 cm³/mol. The summed E-state index contributed by atoms with van der Waals surface area (Å²) in [5, 5.41) is 7.19. The Labute approximate surface area is 180 Å². The summed E-state index contributed by atoms with van der Waals surface area (Å²) in [5.74, 6) is 0.990. The van der Waals surface area contributed by atoms with Gasteiger partial charge < -0.3 is 24.8 Å². The molecule has 2 aromatic rings. The van der Waals surface area contributed by atoms with Crippen molar-refractivity contribution in [2.24, 2.45) is 0 Å². The summed E-state index contributed by atoms with van der Waals surface area (Å²) in [5.41, 5.74) is 1.53. The third kappa shape index (κ3) is 4.92. The lowest BCUT2D eigenvalue weighted by Gasteiger charge is -2.38. The molecule has 1 heterocycles. The number of esters is 1. The van der Waals surface area contributed by atoms with Crippen molar-refractivity contribution >= 4 is 40.6 Å². The maximum atomic E-state index is 11.8. The van der Waals surface area contributed by atoms with Gasteiger partial charge in [-0.3, -0.25) is 0 Å². The van der Waals surface area contributed by atoms with Gasteiger partial charge in [0.1, 0.15) is 17.1 Å². The van der Waals surface area contributed by atoms with Crippen LogP contribution in [0.3, 0.4) is 0 Å². The maximum Gasteiger partial charge on any atom is 0.339 e. The molecular weight excluding hydrogens is 412 g/mol. The predicted octanol–water partition coefficient (Wildman–Crippen LogP) is 4.72. The summed E-state index contributed by atoms with van der Waals surface area (Å²) in [6, 6.07) is 10.7. The number of hydrogen-bond acceptors (Lipinski definition) is 5. The molecular formula is C21H23ClN2O4S. The number of benzene rings is 2. The quantitative estimate of drug-likeness (QED) is 0.532. The van der Waals surface area contributed by atoms with E-state index in [1.807, 2.05) is 32.0 Å². The molecule has 1 aliphatic heterocycles. The first-order valence-electron chi connectivity index (χ1n) is 9.05. The minimum Gasteiger partial charge on any atom is -0.497 e. The van der Waals surface area contributed by atoms with Crippen LogP contribution in [0.4, 0.5) is 5.69 Å². The number of nitrogens with one attached hydrogen (secondary N) is 2. The van der Waals surface area contributed by atoms with Crippen LogP contribution in [0.25, 0.3) is 0 Å². The fourth-order valence-corrected chi connectivity index (χ4v) is 3.74. The number of rotatable bonds is 4. The van der Waals surface area contributed by atoms with Crippen LogP contribution in [-0.4, -0.2) is 30.9 Å². The first-order chi connectivity index (χ1) is 13.7. The van der Waals surface area contributed by atoms with E-state index in [-0.39, 0.29) is 17.2 Å². The molecule has 0 unspecified atom stereocenters. The van der Waals surface area contributed by atoms with Crippen LogP contribution in [0.1, 0.15) is 42.2 Å². The van der Waals surface area contributed by atoms with Crippen LogP contribution in [0.2, 0.25) is 5.02 Å². The smallest absolute Gasteiger partial charge is 0.339 e. The van der Waals surface area contributed by atoms with Crippen LogP contribution >= 0.6 is 23.8 Å². The molecule has 0 bridgehead atoms. The van der Waals surface area contributed by atoms with Crippen molar-refractivity contribution in [1.82, 2.24) is 5.32 Å². The zero-order valence-electron chi connectivity index (χ0n) is 16.7. The third-order valence-electron chi connectivity index (χ3n) is 4.61. The van der Waals surface area contributed by atoms with E-state index in [9.17, 15) is 4.79 Å². The van der Waals surface area contributed by atoms with Crippen molar-refractivity contribution in [1.29, 1.82) is 0 Å². The van der Waals surface area contributed by atoms with Crippen LogP contribution < -0.4 is 20.1 Å². The van der Waals surface area contributed by atoms with Gasteiger partial charge in [0.05, 0.1) is 30.8 Å². The topological polar surface area (TPSA) is 68.8 Å². The second kappa shape index (κ2) is 8.47. The lowest BCUT2D eigenvalue weighted by Crippen LogP contribution is -2.42. The average Bonchev–Trinajstić information content (AvgIpc) is 2.67. The highest BCUT2D eigenvalue weighted by Gasteiger charge is 2.34. The van der Waals surface area contributed by atoms with Gasteiger partial charge in [0, 0.05) is 23.7 Å². The Morgan fingerprint density at radius 2 is 2.00 bits per heavy atom. The van der Waals surface area contributed by atoms with Gasteiger partial charge in [-0.15, -0.1) is 0 Å². The van der Waals surface area contributed by atoms with Gasteiger partial charge in [-0.25, -0.2) is 4.79 Å². The Kier molecular flexibility index (Phi) is 6.19. The summed E-state index contributed by atoms with van der Waals surface area (Å²) in [7, 11) is 2.93. The van der Waals surface area contributed by atoms with Crippen molar-refractivity contribution in [2.75, 3.05) is 19.5 Å². The van der Waals surface area contributed by atoms with Crippen LogP contribution in [0.15, 0.2) is 36.4 Å². The highest BCUT2D eigenvalue weighted by Crippen LogP contribution is 2.41. The van der Waals surface area contributed by atoms with Gasteiger partial charge in [-0.05, 0) is 56.4 Å². The lowest BCUT2D eigenvalue weighted by atomic mass is 9.89. The summed E-state index contributed by atoms with van der Waals surface area (Å²) < 4.78 is 16.2. The van der Waals surface area contributed by atoms with E-state index in [0.717, 1.165) is 23.5 Å². The Morgan fingerprint density at radius 1 is 1.24 bits per heavy atom. The Morgan fingerprint density at radius 3 is 2.69 bits per heavy atom. The van der Waals surface area contributed by atoms with Gasteiger partial charge in [0.15, 0.2) is 5.11 Å². The van der Waals surface area contributed by atoms with E-state index in [1.54, 1.807) is 25.3 Å². The highest BCUT2D eigenvalue weighted by atomic mass is 35.5. The molecule has 1 aliphatic rings. The van der Waals surface area contributed by atoms with E-state index >= 15 is 0 Å². The normalized spacial score (nSPS) is 16.8. The molecule has 154 valence electrons. The zero-order chi connectivity index (χ0) is 21.2. The molecule has 8 heteroatoms. The monoisotopic (exact) mass is 434 g/mol. The average molecular weight is 435 g/mol. The van der Waals surface area contributed by atoms with E-state index in [0.29, 0.717) is 15.8 Å². The standard InChI is InChI=1S/C21H23ClN2O4S/c1-21(2)11-17(14-7-6-13(26-3)10-18(14)28-21)24-20(29)23-12-5-8-16(22)15(9-12)19(25)27-4/h5-10,17H,11H2,1-4H3,(H2,23,24,29)/t17-/m1/s1. The molecule has 3 rings (SSSR count). The van der Waals surface area contributed by atoms with Crippen molar-refractivity contribution in [3.8, 4) is 11.5 Å². The fourth-order valence-electron chi connectivity index (χ4n) is 3.28. The molecule has 0 radical (unpaired) electrons. The summed E-state index contributed by atoms with van der Waals surface area (Å²) in [4.78, 5) is 11.8. The summed E-state index contributed by atoms with van der Waals surface area (Å²) >= 11 is 11.6. The zero-order valence-corrected chi connectivity index (χ0v) is 18.2. The summed E-state index contributed by atoms with van der Waals surface area (Å²) in [6.45, 7) is 4.06. The van der Waals surface area contributed by atoms with Gasteiger partial charge in [0.2, 0.25) is 0 Å². The molecule has 0 aromatic heterocycles. The maximum absolute atomic E-state index is 11.8. The number of hydrogen-bond donors (Lipinski definition) is 2. The molecule has 0 amide bonds. The summed E-state index contributed by atoms with van der Waals surface area (Å²) in [6.07, 6.45) is 0.724. The molecule has 1 atom stereocenters. The molecule has 29 heavy (non-hydrogen) atoms. The number of ether oxygens (including phenoxy) is 3. The number of thiocarbonyl (C=S) groups is 1. The SMILES string of the molecule is COC(=O)c1cc(NC(=S)N[C@@H]2CC(C)(C)Oc3cc(OC)ccc32)ccc1Cl. The molecule has 0 spiro atoms. The van der Waals surface area contributed by atoms with E-state index in [2.05, 4.69) is 10.6 Å². The highest BCUT2D eigenvalue weighted by molar-refractivity contribution is 7.80. The van der Waals surface area contributed by atoms with Crippen molar-refractivity contribution < 1.29 is 19.0 Å². The molecule has 6 nitrogen and oxygen atoms in total. The lowest BCUT2D eigenvalue weighted by molar-refractivity contribution is 0.0600. The molecule has 0 aliphatic carbocycles. The third-order valence-corrected chi connectivity index (χ3v) is 5.16. The Hall–Kier alpha value is -2.51. The number of carbonyl (C=O) groups excluding carboxylic acids is 1. The minimum atomic E-state index is -0.508. The molecule has 0 saturated heterocycles. The largest absolute Gasteiger partial charge is 0.497 e. The van der Waals surface area contributed by atoms with Gasteiger partial charge >= 0.3 is 5.97 Å². The Bertz CT molecular complexity index is 948. The van der Waals surface area contributed by atoms with E-state index in [4.69, 9.17) is 38.0 Å². The Balaban J connectivity index is 1.78.